The maximum atomic E-state index is 12.3. The van der Waals surface area contributed by atoms with Gasteiger partial charge >= 0.3 is 6.03 Å². The summed E-state index contributed by atoms with van der Waals surface area (Å²) in [4.78, 5) is 30.6. The van der Waals surface area contributed by atoms with E-state index in [9.17, 15) is 9.59 Å². The normalized spacial score (nSPS) is 16.7. The Morgan fingerprint density at radius 1 is 1.26 bits per heavy atom. The maximum absolute atomic E-state index is 12.3. The molecule has 138 valence electrons. The monoisotopic (exact) mass is 400 g/mol. The molecule has 1 atom stereocenters. The van der Waals surface area contributed by atoms with Crippen molar-refractivity contribution in [1.82, 2.24) is 10.3 Å². The number of anilines is 2. The van der Waals surface area contributed by atoms with Crippen LogP contribution in [0.5, 0.6) is 0 Å². The zero-order valence-electron chi connectivity index (χ0n) is 14.5. The van der Waals surface area contributed by atoms with Crippen LogP contribution in [0.2, 0.25) is 5.02 Å². The van der Waals surface area contributed by atoms with E-state index < -0.39 is 0 Å². The summed E-state index contributed by atoms with van der Waals surface area (Å²) in [6, 6.07) is 12.4. The highest BCUT2D eigenvalue weighted by molar-refractivity contribution is 7.22. The summed E-state index contributed by atoms with van der Waals surface area (Å²) in [6.07, 6.45) is 0.259. The minimum Gasteiger partial charge on any atom is -0.333 e. The summed E-state index contributed by atoms with van der Waals surface area (Å²) in [7, 11) is 0. The van der Waals surface area contributed by atoms with Crippen LogP contribution in [-0.2, 0) is 4.79 Å². The lowest BCUT2D eigenvalue weighted by Gasteiger charge is -2.17. The number of hydrogen-bond acceptors (Lipinski definition) is 4. The van der Waals surface area contributed by atoms with Gasteiger partial charge < -0.3 is 10.2 Å². The van der Waals surface area contributed by atoms with Crippen molar-refractivity contribution >= 4 is 55.9 Å². The molecular formula is C19H17ClN4O2S. The molecule has 4 rings (SSSR count). The number of nitrogens with one attached hydrogen (secondary N) is 2. The third-order valence-corrected chi connectivity index (χ3v) is 5.55. The highest BCUT2D eigenvalue weighted by atomic mass is 35.5. The number of carbonyl (C=O) groups is 2. The standard InChI is InChI=1S/C19H17ClN4O2S/c1-11-2-7-15-16(8-11)27-19(22-15)23-18(26)21-13-9-17(25)24(10-13)14-5-3-12(20)4-6-14/h2-8,13H,9-10H2,1H3,(H2,21,22,23,26)/t13-/m0/s1. The molecule has 1 aromatic heterocycles. The molecule has 0 aliphatic carbocycles. The smallest absolute Gasteiger partial charge is 0.321 e. The van der Waals surface area contributed by atoms with Gasteiger partial charge in [-0.3, -0.25) is 10.1 Å². The van der Waals surface area contributed by atoms with Gasteiger partial charge in [0.15, 0.2) is 5.13 Å². The fourth-order valence-corrected chi connectivity index (χ4v) is 4.16. The molecule has 1 fully saturated rings. The first-order valence-electron chi connectivity index (χ1n) is 8.48. The number of amides is 3. The van der Waals surface area contributed by atoms with Crippen LogP contribution in [-0.4, -0.2) is 29.5 Å². The van der Waals surface area contributed by atoms with Crippen LogP contribution in [0.1, 0.15) is 12.0 Å². The Morgan fingerprint density at radius 2 is 2.04 bits per heavy atom. The number of aromatic nitrogens is 1. The Balaban J connectivity index is 1.39. The van der Waals surface area contributed by atoms with Gasteiger partial charge in [-0.25, -0.2) is 9.78 Å². The number of halogens is 1. The number of hydrogen-bond donors (Lipinski definition) is 2. The molecule has 3 amide bonds. The van der Waals surface area contributed by atoms with Crippen LogP contribution in [0.4, 0.5) is 15.6 Å². The third kappa shape index (κ3) is 3.89. The highest BCUT2D eigenvalue weighted by Crippen LogP contribution is 2.27. The Bertz CT molecular complexity index is 1020. The first-order valence-corrected chi connectivity index (χ1v) is 9.68. The predicted octanol–water partition coefficient (Wildman–Crippen LogP) is 4.19. The molecule has 0 radical (unpaired) electrons. The van der Waals surface area contributed by atoms with E-state index in [1.807, 2.05) is 25.1 Å². The fourth-order valence-electron chi connectivity index (χ4n) is 3.08. The molecule has 2 N–H and O–H groups in total. The minimum absolute atomic E-state index is 0.0296. The van der Waals surface area contributed by atoms with Gasteiger partial charge in [-0.2, -0.15) is 0 Å². The highest BCUT2D eigenvalue weighted by Gasteiger charge is 2.31. The van der Waals surface area contributed by atoms with Crippen molar-refractivity contribution in [3.8, 4) is 0 Å². The predicted molar refractivity (Wildman–Crippen MR) is 109 cm³/mol. The molecule has 27 heavy (non-hydrogen) atoms. The van der Waals surface area contributed by atoms with E-state index in [0.717, 1.165) is 21.5 Å². The average Bonchev–Trinajstić information content (AvgIpc) is 3.17. The van der Waals surface area contributed by atoms with Gasteiger partial charge in [-0.1, -0.05) is 29.0 Å². The topological polar surface area (TPSA) is 74.3 Å². The second-order valence-electron chi connectivity index (χ2n) is 6.47. The quantitative estimate of drug-likeness (QED) is 0.692. The van der Waals surface area contributed by atoms with Crippen molar-refractivity contribution in [2.24, 2.45) is 0 Å². The van der Waals surface area contributed by atoms with Crippen molar-refractivity contribution in [3.63, 3.8) is 0 Å². The van der Waals surface area contributed by atoms with Crippen molar-refractivity contribution in [1.29, 1.82) is 0 Å². The van der Waals surface area contributed by atoms with Crippen LogP contribution in [0, 0.1) is 6.92 Å². The van der Waals surface area contributed by atoms with E-state index >= 15 is 0 Å². The van der Waals surface area contributed by atoms with E-state index in [0.29, 0.717) is 16.7 Å². The lowest BCUT2D eigenvalue weighted by Crippen LogP contribution is -2.39. The molecule has 0 unspecified atom stereocenters. The molecule has 3 aromatic rings. The summed E-state index contributed by atoms with van der Waals surface area (Å²) in [5.74, 6) is -0.0296. The number of nitrogens with zero attached hydrogens (tertiary/aromatic N) is 2. The zero-order chi connectivity index (χ0) is 19.0. The lowest BCUT2D eigenvalue weighted by molar-refractivity contribution is -0.117. The fraction of sp³-hybridized carbons (Fsp3) is 0.211. The second-order valence-corrected chi connectivity index (χ2v) is 7.94. The van der Waals surface area contributed by atoms with E-state index in [-0.39, 0.29) is 24.4 Å². The van der Waals surface area contributed by atoms with Crippen LogP contribution in [0.15, 0.2) is 42.5 Å². The van der Waals surface area contributed by atoms with Gasteiger partial charge in [0.1, 0.15) is 0 Å². The molecule has 2 heterocycles. The van der Waals surface area contributed by atoms with E-state index in [2.05, 4.69) is 15.6 Å². The number of aryl methyl sites for hydroxylation is 1. The van der Waals surface area contributed by atoms with E-state index in [1.165, 1.54) is 11.3 Å². The summed E-state index contributed by atoms with van der Waals surface area (Å²) < 4.78 is 1.02. The Labute approximate surface area is 165 Å². The summed E-state index contributed by atoms with van der Waals surface area (Å²) in [5.41, 5.74) is 2.77. The van der Waals surface area contributed by atoms with E-state index in [4.69, 9.17) is 11.6 Å². The Kier molecular flexibility index (Phi) is 4.72. The first-order chi connectivity index (χ1) is 13.0. The van der Waals surface area contributed by atoms with Crippen molar-refractivity contribution < 1.29 is 9.59 Å². The molecule has 2 aromatic carbocycles. The Morgan fingerprint density at radius 3 is 2.81 bits per heavy atom. The molecule has 8 heteroatoms. The molecule has 0 saturated carbocycles. The summed E-state index contributed by atoms with van der Waals surface area (Å²) in [6.45, 7) is 2.44. The third-order valence-electron chi connectivity index (χ3n) is 4.36. The largest absolute Gasteiger partial charge is 0.333 e. The second kappa shape index (κ2) is 7.17. The van der Waals surface area contributed by atoms with Gasteiger partial charge in [0.2, 0.25) is 5.91 Å². The minimum atomic E-state index is -0.360. The molecule has 6 nitrogen and oxygen atoms in total. The molecule has 0 bridgehead atoms. The van der Waals surface area contributed by atoms with Crippen molar-refractivity contribution in [3.05, 3.63) is 53.1 Å². The van der Waals surface area contributed by atoms with Crippen molar-refractivity contribution in [2.45, 2.75) is 19.4 Å². The number of urea groups is 1. The van der Waals surface area contributed by atoms with Crippen LogP contribution in [0.3, 0.4) is 0 Å². The van der Waals surface area contributed by atoms with Crippen LogP contribution < -0.4 is 15.5 Å². The van der Waals surface area contributed by atoms with Crippen LogP contribution in [0.25, 0.3) is 10.2 Å². The number of benzene rings is 2. The van der Waals surface area contributed by atoms with Gasteiger partial charge in [0.05, 0.1) is 16.3 Å². The number of thiazole rings is 1. The maximum Gasteiger partial charge on any atom is 0.321 e. The first kappa shape index (κ1) is 17.8. The molecule has 1 aliphatic rings. The van der Waals surface area contributed by atoms with Crippen LogP contribution >= 0.6 is 22.9 Å². The molecular weight excluding hydrogens is 384 g/mol. The van der Waals surface area contributed by atoms with Crippen molar-refractivity contribution in [2.75, 3.05) is 16.8 Å². The molecule has 0 spiro atoms. The lowest BCUT2D eigenvalue weighted by atomic mass is 10.2. The molecule has 1 aliphatic heterocycles. The van der Waals surface area contributed by atoms with Gasteiger partial charge in [-0.15, -0.1) is 0 Å². The number of rotatable bonds is 3. The van der Waals surface area contributed by atoms with Gasteiger partial charge in [0, 0.05) is 23.7 Å². The zero-order valence-corrected chi connectivity index (χ0v) is 16.1. The van der Waals surface area contributed by atoms with Gasteiger partial charge in [0.25, 0.3) is 0 Å². The van der Waals surface area contributed by atoms with E-state index in [1.54, 1.807) is 29.2 Å². The number of carbonyl (C=O) groups excluding carboxylic acids is 2. The SMILES string of the molecule is Cc1ccc2nc(NC(=O)N[C@H]3CC(=O)N(c4ccc(Cl)cc4)C3)sc2c1. The summed E-state index contributed by atoms with van der Waals surface area (Å²) in [5, 5.41) is 6.77. The van der Waals surface area contributed by atoms with Gasteiger partial charge in [-0.05, 0) is 48.9 Å². The molecule has 1 saturated heterocycles. The summed E-state index contributed by atoms with van der Waals surface area (Å²) >= 11 is 7.32. The average molecular weight is 401 g/mol. The number of fused-ring (bicyclic) bond motifs is 1. The Hall–Kier alpha value is -2.64.